The largest absolute Gasteiger partial charge is 0.480 e. The van der Waals surface area contributed by atoms with E-state index in [-0.39, 0.29) is 13.0 Å². The number of carboxylic acid groups (broad SMARTS) is 1. The first-order chi connectivity index (χ1) is 30.7. The van der Waals surface area contributed by atoms with Crippen molar-refractivity contribution in [2.24, 2.45) is 5.73 Å². The lowest BCUT2D eigenvalue weighted by atomic mass is 10.1. The first-order valence-electron chi connectivity index (χ1n) is 25.0. The second-order valence-corrected chi connectivity index (χ2v) is 18.0. The number of carboxylic acids is 1. The molecule has 0 heterocycles. The van der Waals surface area contributed by atoms with Gasteiger partial charge in [-0.2, -0.15) is 0 Å². The Hall–Kier alpha value is -2.59. The highest BCUT2D eigenvalue weighted by molar-refractivity contribution is 7.47. The zero-order valence-electron chi connectivity index (χ0n) is 39.9. The van der Waals surface area contributed by atoms with E-state index < -0.39 is 45.1 Å². The number of esters is 1. The number of allylic oxidation sites excluding steroid dienone is 12. The molecule has 0 bridgehead atoms. The molecule has 0 aliphatic heterocycles. The second kappa shape index (κ2) is 47.4. The maximum Gasteiger partial charge on any atom is 0.472 e. The van der Waals surface area contributed by atoms with Gasteiger partial charge >= 0.3 is 19.8 Å². The van der Waals surface area contributed by atoms with Crippen LogP contribution in [0.2, 0.25) is 0 Å². The summed E-state index contributed by atoms with van der Waals surface area (Å²) in [5, 5.41) is 8.93. The van der Waals surface area contributed by atoms with Crippen LogP contribution < -0.4 is 5.73 Å². The first kappa shape index (κ1) is 60.4. The van der Waals surface area contributed by atoms with Gasteiger partial charge in [-0.3, -0.25) is 18.6 Å². The van der Waals surface area contributed by atoms with Crippen LogP contribution in [0.5, 0.6) is 0 Å². The molecule has 10 nitrogen and oxygen atoms in total. The molecule has 0 aromatic heterocycles. The van der Waals surface area contributed by atoms with Crippen molar-refractivity contribution in [1.29, 1.82) is 0 Å². The van der Waals surface area contributed by atoms with Gasteiger partial charge < -0.3 is 25.2 Å². The summed E-state index contributed by atoms with van der Waals surface area (Å²) in [6.07, 6.45) is 59.5. The van der Waals surface area contributed by atoms with Gasteiger partial charge in [0.1, 0.15) is 12.1 Å². The Kier molecular flexibility index (Phi) is 45.4. The standard InChI is InChI=1S/C52H92NO9P/c1-3-5-7-9-11-13-15-17-19-21-23-25-26-28-30-32-34-36-38-40-42-44-51(54)62-49(47-60-63(57,58)61-48-50(53)52(55)56)46-59-45-43-41-39-37-35-33-31-29-27-24-22-20-18-16-14-12-10-8-6-4-2/h6,8,12,14-15,17-18,20-21,23-24,27,49-50H,3-5,7,9-11,13,16,19,22,25-26,28-48,53H2,1-2H3,(H,55,56)(H,57,58)/b8-6-,14-12-,17-15-,20-18-,23-21-,27-24-. The zero-order valence-corrected chi connectivity index (χ0v) is 40.8. The summed E-state index contributed by atoms with van der Waals surface area (Å²) in [7, 11) is -4.63. The summed E-state index contributed by atoms with van der Waals surface area (Å²) in [5.74, 6) is -1.79. The lowest BCUT2D eigenvalue weighted by Gasteiger charge is -2.20. The topological polar surface area (TPSA) is 155 Å². The third kappa shape index (κ3) is 47.2. The monoisotopic (exact) mass is 906 g/mol. The Labute approximate surface area is 384 Å². The molecule has 0 amide bonds. The van der Waals surface area contributed by atoms with Crippen molar-refractivity contribution in [1.82, 2.24) is 0 Å². The van der Waals surface area contributed by atoms with Gasteiger partial charge in [0.25, 0.3) is 0 Å². The summed E-state index contributed by atoms with van der Waals surface area (Å²) >= 11 is 0. The lowest BCUT2D eigenvalue weighted by molar-refractivity contribution is -0.154. The van der Waals surface area contributed by atoms with E-state index in [0.29, 0.717) is 13.0 Å². The van der Waals surface area contributed by atoms with Crippen molar-refractivity contribution in [3.63, 3.8) is 0 Å². The molecule has 0 saturated heterocycles. The number of hydrogen-bond acceptors (Lipinski definition) is 8. The minimum absolute atomic E-state index is 0.00458. The van der Waals surface area contributed by atoms with E-state index in [4.69, 9.17) is 29.4 Å². The summed E-state index contributed by atoms with van der Waals surface area (Å²) in [4.78, 5) is 33.7. The Morgan fingerprint density at radius 1 is 0.524 bits per heavy atom. The molecule has 4 N–H and O–H groups in total. The number of rotatable bonds is 47. The second-order valence-electron chi connectivity index (χ2n) is 16.6. The first-order valence-corrected chi connectivity index (χ1v) is 26.5. The van der Waals surface area contributed by atoms with E-state index in [0.717, 1.165) is 83.5 Å². The molecule has 0 aromatic carbocycles. The maximum absolute atomic E-state index is 12.7. The Morgan fingerprint density at radius 2 is 0.921 bits per heavy atom. The van der Waals surface area contributed by atoms with Gasteiger partial charge in [0.15, 0.2) is 0 Å². The van der Waals surface area contributed by atoms with Crippen LogP contribution in [0.25, 0.3) is 0 Å². The summed E-state index contributed by atoms with van der Waals surface area (Å²) < 4.78 is 33.5. The third-order valence-corrected chi connectivity index (χ3v) is 11.4. The van der Waals surface area contributed by atoms with Crippen molar-refractivity contribution in [3.8, 4) is 0 Å². The molecule has 0 radical (unpaired) electrons. The fourth-order valence-electron chi connectivity index (χ4n) is 6.63. The van der Waals surface area contributed by atoms with Crippen LogP contribution in [0.15, 0.2) is 72.9 Å². The summed E-state index contributed by atoms with van der Waals surface area (Å²) in [6.45, 7) is 3.74. The number of unbranched alkanes of at least 4 members (excludes halogenated alkanes) is 21. The molecule has 0 saturated carbocycles. The van der Waals surface area contributed by atoms with Crippen molar-refractivity contribution >= 4 is 19.8 Å². The maximum atomic E-state index is 12.7. The predicted molar refractivity (Wildman–Crippen MR) is 263 cm³/mol. The van der Waals surface area contributed by atoms with Gasteiger partial charge in [-0.1, -0.05) is 189 Å². The number of nitrogens with two attached hydrogens (primary N) is 1. The molecule has 3 atom stereocenters. The highest BCUT2D eigenvalue weighted by Gasteiger charge is 2.27. The lowest BCUT2D eigenvalue weighted by Crippen LogP contribution is -2.34. The fourth-order valence-corrected chi connectivity index (χ4v) is 7.40. The van der Waals surface area contributed by atoms with Crippen LogP contribution in [0, 0.1) is 0 Å². The molecule has 364 valence electrons. The Morgan fingerprint density at radius 3 is 1.38 bits per heavy atom. The molecular formula is C52H92NO9P. The van der Waals surface area contributed by atoms with Crippen molar-refractivity contribution < 1.29 is 42.7 Å². The highest BCUT2D eigenvalue weighted by Crippen LogP contribution is 2.43. The van der Waals surface area contributed by atoms with Gasteiger partial charge in [0.2, 0.25) is 0 Å². The van der Waals surface area contributed by atoms with Crippen LogP contribution in [-0.2, 0) is 32.7 Å². The molecule has 63 heavy (non-hydrogen) atoms. The van der Waals surface area contributed by atoms with Crippen molar-refractivity contribution in [2.45, 2.75) is 219 Å². The van der Waals surface area contributed by atoms with E-state index in [2.05, 4.69) is 86.8 Å². The number of carbonyl (C=O) groups is 2. The predicted octanol–water partition coefficient (Wildman–Crippen LogP) is 14.5. The number of hydrogen-bond donors (Lipinski definition) is 3. The molecular weight excluding hydrogens is 814 g/mol. The third-order valence-electron chi connectivity index (χ3n) is 10.5. The van der Waals surface area contributed by atoms with E-state index in [9.17, 15) is 19.0 Å². The molecule has 0 aromatic rings. The number of aliphatic carboxylic acids is 1. The molecule has 11 heteroatoms. The fraction of sp³-hybridized carbons (Fsp3) is 0.731. The number of phosphoric ester groups is 1. The van der Waals surface area contributed by atoms with Crippen molar-refractivity contribution in [3.05, 3.63) is 72.9 Å². The van der Waals surface area contributed by atoms with Crippen LogP contribution in [0.1, 0.15) is 206 Å². The zero-order chi connectivity index (χ0) is 46.2. The van der Waals surface area contributed by atoms with Crippen LogP contribution in [-0.4, -0.2) is 60.5 Å². The van der Waals surface area contributed by atoms with E-state index >= 15 is 0 Å². The number of phosphoric acid groups is 1. The Balaban J connectivity index is 4.20. The highest BCUT2D eigenvalue weighted by atomic mass is 31.2. The van der Waals surface area contributed by atoms with Crippen molar-refractivity contribution in [2.75, 3.05) is 26.4 Å². The Bertz CT molecular complexity index is 1280. The quantitative estimate of drug-likeness (QED) is 0.0233. The van der Waals surface area contributed by atoms with Gasteiger partial charge in [-0.05, 0) is 83.5 Å². The normalized spacial score (nSPS) is 14.3. The van der Waals surface area contributed by atoms with Gasteiger partial charge in [-0.15, -0.1) is 0 Å². The molecule has 0 spiro atoms. The smallest absolute Gasteiger partial charge is 0.472 e. The molecule has 0 aliphatic carbocycles. The minimum Gasteiger partial charge on any atom is -0.480 e. The van der Waals surface area contributed by atoms with E-state index in [1.807, 2.05) is 0 Å². The SMILES string of the molecule is CC/C=C\C/C=C\C/C=C\C/C=C\CCCCCCCCCOCC(COP(=O)(O)OCC(N)C(=O)O)OC(=O)CCCCCCCCCCC/C=C\C/C=C\CCCCCCC. The average molecular weight is 906 g/mol. The van der Waals surface area contributed by atoms with Crippen LogP contribution in [0.4, 0.5) is 0 Å². The van der Waals surface area contributed by atoms with E-state index in [1.54, 1.807) is 0 Å². The average Bonchev–Trinajstić information content (AvgIpc) is 3.26. The molecule has 0 aliphatic rings. The van der Waals surface area contributed by atoms with Crippen LogP contribution >= 0.6 is 7.82 Å². The summed E-state index contributed by atoms with van der Waals surface area (Å²) in [6, 6.07) is -1.48. The van der Waals surface area contributed by atoms with Crippen LogP contribution in [0.3, 0.4) is 0 Å². The number of carbonyl (C=O) groups excluding carboxylic acids is 1. The number of ether oxygens (including phenoxy) is 2. The van der Waals surface area contributed by atoms with E-state index in [1.165, 1.54) is 96.3 Å². The minimum atomic E-state index is -4.63. The summed E-state index contributed by atoms with van der Waals surface area (Å²) in [5.41, 5.74) is 5.37. The molecule has 0 fully saturated rings. The molecule has 3 unspecified atom stereocenters. The van der Waals surface area contributed by atoms with Gasteiger partial charge in [0.05, 0.1) is 19.8 Å². The van der Waals surface area contributed by atoms with Gasteiger partial charge in [-0.25, -0.2) is 4.57 Å². The molecule has 0 rings (SSSR count). The van der Waals surface area contributed by atoms with Gasteiger partial charge in [0, 0.05) is 13.0 Å².